The van der Waals surface area contributed by atoms with Gasteiger partial charge in [0.2, 0.25) is 0 Å². The lowest BCUT2D eigenvalue weighted by Crippen LogP contribution is -2.30. The third-order valence-corrected chi connectivity index (χ3v) is 5.37. The lowest BCUT2D eigenvalue weighted by Gasteiger charge is -2.25. The first kappa shape index (κ1) is 17.2. The number of benzene rings is 2. The molecular weight excluding hydrogens is 320 g/mol. The Morgan fingerprint density at radius 2 is 1.92 bits per heavy atom. The van der Waals surface area contributed by atoms with Crippen molar-refractivity contribution in [2.24, 2.45) is 0 Å². The highest BCUT2D eigenvalue weighted by atomic mass is 16.5. The van der Waals surface area contributed by atoms with Crippen LogP contribution in [0.4, 0.5) is 0 Å². The molecule has 2 N–H and O–H groups in total. The molecular formula is C23H28N2O. The Balaban J connectivity index is 1.66. The van der Waals surface area contributed by atoms with Crippen LogP contribution in [-0.4, -0.2) is 18.1 Å². The fourth-order valence-corrected chi connectivity index (χ4v) is 4.15. The van der Waals surface area contributed by atoms with E-state index >= 15 is 0 Å². The number of hydrogen-bond acceptors (Lipinski definition) is 2. The van der Waals surface area contributed by atoms with Crippen LogP contribution in [0.3, 0.4) is 0 Å². The molecule has 0 saturated carbocycles. The quantitative estimate of drug-likeness (QED) is 0.622. The topological polar surface area (TPSA) is 37.0 Å². The molecule has 4 rings (SSSR count). The first-order chi connectivity index (χ1) is 12.7. The molecule has 0 bridgehead atoms. The summed E-state index contributed by atoms with van der Waals surface area (Å²) in [4.78, 5) is 3.71. The van der Waals surface area contributed by atoms with Crippen molar-refractivity contribution in [3.8, 4) is 5.75 Å². The number of nitrogens with one attached hydrogen (secondary N) is 2. The van der Waals surface area contributed by atoms with Crippen LogP contribution >= 0.6 is 0 Å². The fourth-order valence-electron chi connectivity index (χ4n) is 4.15. The Bertz CT molecular complexity index is 908. The summed E-state index contributed by atoms with van der Waals surface area (Å²) in [5, 5.41) is 5.10. The summed E-state index contributed by atoms with van der Waals surface area (Å²) in [6.45, 7) is 8.37. The first-order valence-electron chi connectivity index (χ1n) is 9.75. The van der Waals surface area contributed by atoms with E-state index in [2.05, 4.69) is 67.5 Å². The van der Waals surface area contributed by atoms with Gasteiger partial charge in [-0.2, -0.15) is 0 Å². The first-order valence-corrected chi connectivity index (χ1v) is 9.75. The van der Waals surface area contributed by atoms with Gasteiger partial charge in [0.25, 0.3) is 0 Å². The molecule has 136 valence electrons. The maximum absolute atomic E-state index is 5.81. The largest absolute Gasteiger partial charge is 0.494 e. The van der Waals surface area contributed by atoms with Crippen LogP contribution in [0.15, 0.2) is 36.4 Å². The second kappa shape index (κ2) is 7.16. The molecule has 0 spiro atoms. The number of fused-ring (bicyclic) bond motifs is 3. The van der Waals surface area contributed by atoms with Gasteiger partial charge >= 0.3 is 0 Å². The van der Waals surface area contributed by atoms with Crippen LogP contribution in [0.1, 0.15) is 53.8 Å². The number of aromatic amines is 1. The standard InChI is InChI=1S/C23H28N2O/c1-4-5-12-26-18-8-6-17(7-9-18)22-23-19(10-11-24-22)21-16(3)13-15(2)14-20(21)25-23/h6-9,13-14,22,24-25H,4-5,10-12H2,1-3H3. The molecule has 1 unspecified atom stereocenters. The number of rotatable bonds is 5. The van der Waals surface area contributed by atoms with Crippen molar-refractivity contribution in [3.63, 3.8) is 0 Å². The molecule has 1 aliphatic heterocycles. The van der Waals surface area contributed by atoms with Crippen LogP contribution in [0.5, 0.6) is 5.75 Å². The Morgan fingerprint density at radius 3 is 2.69 bits per heavy atom. The Hall–Kier alpha value is -2.26. The molecule has 0 saturated heterocycles. The third kappa shape index (κ3) is 3.12. The molecule has 1 atom stereocenters. The van der Waals surface area contributed by atoms with Gasteiger partial charge < -0.3 is 15.0 Å². The van der Waals surface area contributed by atoms with Gasteiger partial charge in [0, 0.05) is 23.1 Å². The molecule has 1 aliphatic rings. The lowest BCUT2D eigenvalue weighted by atomic mass is 9.93. The summed E-state index contributed by atoms with van der Waals surface area (Å²) >= 11 is 0. The Labute approximate surface area is 155 Å². The van der Waals surface area contributed by atoms with E-state index in [9.17, 15) is 0 Å². The van der Waals surface area contributed by atoms with Gasteiger partial charge in [0.1, 0.15) is 5.75 Å². The minimum Gasteiger partial charge on any atom is -0.494 e. The van der Waals surface area contributed by atoms with Crippen molar-refractivity contribution >= 4 is 10.9 Å². The Morgan fingerprint density at radius 1 is 1.12 bits per heavy atom. The van der Waals surface area contributed by atoms with Crippen LogP contribution < -0.4 is 10.1 Å². The minimum atomic E-state index is 0.218. The van der Waals surface area contributed by atoms with Gasteiger partial charge in [0.05, 0.1) is 12.6 Å². The smallest absolute Gasteiger partial charge is 0.119 e. The van der Waals surface area contributed by atoms with Gasteiger partial charge in [-0.15, -0.1) is 0 Å². The lowest BCUT2D eigenvalue weighted by molar-refractivity contribution is 0.309. The maximum atomic E-state index is 5.81. The Kier molecular flexibility index (Phi) is 4.73. The van der Waals surface area contributed by atoms with Crippen molar-refractivity contribution in [1.29, 1.82) is 0 Å². The van der Waals surface area contributed by atoms with E-state index in [4.69, 9.17) is 4.74 Å². The summed E-state index contributed by atoms with van der Waals surface area (Å²) in [7, 11) is 0. The summed E-state index contributed by atoms with van der Waals surface area (Å²) in [5.74, 6) is 0.960. The normalized spacial score (nSPS) is 16.7. The van der Waals surface area contributed by atoms with Crippen molar-refractivity contribution in [1.82, 2.24) is 10.3 Å². The molecule has 1 aromatic heterocycles. The van der Waals surface area contributed by atoms with Gasteiger partial charge in [0.15, 0.2) is 0 Å². The average molecular weight is 348 g/mol. The molecule has 3 aromatic rings. The van der Waals surface area contributed by atoms with Crippen LogP contribution in [-0.2, 0) is 6.42 Å². The van der Waals surface area contributed by atoms with Crippen molar-refractivity contribution in [2.75, 3.05) is 13.2 Å². The SMILES string of the molecule is CCCCOc1ccc(C2NCCc3c2[nH]c2cc(C)cc(C)c32)cc1. The van der Waals surface area contributed by atoms with Crippen LogP contribution in [0.25, 0.3) is 10.9 Å². The number of hydrogen-bond donors (Lipinski definition) is 2. The molecule has 2 heterocycles. The van der Waals surface area contributed by atoms with E-state index in [1.807, 2.05) is 0 Å². The van der Waals surface area contributed by atoms with E-state index in [0.717, 1.165) is 38.2 Å². The maximum Gasteiger partial charge on any atom is 0.119 e. The van der Waals surface area contributed by atoms with Gasteiger partial charge in [-0.1, -0.05) is 31.5 Å². The van der Waals surface area contributed by atoms with Crippen LogP contribution in [0, 0.1) is 13.8 Å². The van der Waals surface area contributed by atoms with E-state index < -0.39 is 0 Å². The second-order valence-electron chi connectivity index (χ2n) is 7.43. The highest BCUT2D eigenvalue weighted by molar-refractivity contribution is 5.89. The monoisotopic (exact) mass is 348 g/mol. The zero-order chi connectivity index (χ0) is 18.1. The number of ether oxygens (including phenoxy) is 1. The van der Waals surface area contributed by atoms with Gasteiger partial charge in [-0.3, -0.25) is 0 Å². The molecule has 26 heavy (non-hydrogen) atoms. The van der Waals surface area contributed by atoms with E-state index in [-0.39, 0.29) is 6.04 Å². The van der Waals surface area contributed by atoms with Crippen LogP contribution in [0.2, 0.25) is 0 Å². The fraction of sp³-hybridized carbons (Fsp3) is 0.391. The number of unbranched alkanes of at least 4 members (excludes halogenated alkanes) is 1. The molecule has 3 heteroatoms. The summed E-state index contributed by atoms with van der Waals surface area (Å²) in [5.41, 5.74) is 8.03. The van der Waals surface area contributed by atoms with Crippen molar-refractivity contribution < 1.29 is 4.74 Å². The predicted molar refractivity (Wildman–Crippen MR) is 108 cm³/mol. The van der Waals surface area contributed by atoms with E-state index in [0.29, 0.717) is 0 Å². The predicted octanol–water partition coefficient (Wildman–Crippen LogP) is 5.20. The number of aromatic nitrogens is 1. The zero-order valence-corrected chi connectivity index (χ0v) is 16.0. The molecule has 0 amide bonds. The summed E-state index contributed by atoms with van der Waals surface area (Å²) in [6.07, 6.45) is 3.34. The summed E-state index contributed by atoms with van der Waals surface area (Å²) in [6, 6.07) is 13.3. The average Bonchev–Trinajstić information content (AvgIpc) is 3.01. The molecule has 0 aliphatic carbocycles. The zero-order valence-electron chi connectivity index (χ0n) is 16.0. The van der Waals surface area contributed by atoms with Crippen molar-refractivity contribution in [2.45, 2.75) is 46.1 Å². The molecule has 3 nitrogen and oxygen atoms in total. The second-order valence-corrected chi connectivity index (χ2v) is 7.43. The number of aryl methyl sites for hydroxylation is 2. The third-order valence-electron chi connectivity index (χ3n) is 5.37. The van der Waals surface area contributed by atoms with E-state index in [1.54, 1.807) is 0 Å². The van der Waals surface area contributed by atoms with E-state index in [1.165, 1.54) is 38.9 Å². The minimum absolute atomic E-state index is 0.218. The molecule has 0 fully saturated rings. The number of H-pyrrole nitrogens is 1. The highest BCUT2D eigenvalue weighted by Gasteiger charge is 2.25. The molecule has 0 radical (unpaired) electrons. The molecule has 2 aromatic carbocycles. The van der Waals surface area contributed by atoms with Gasteiger partial charge in [-0.25, -0.2) is 0 Å². The van der Waals surface area contributed by atoms with Crippen molar-refractivity contribution in [3.05, 3.63) is 64.3 Å². The summed E-state index contributed by atoms with van der Waals surface area (Å²) < 4.78 is 5.81. The van der Waals surface area contributed by atoms with Gasteiger partial charge in [-0.05, 0) is 67.1 Å². The highest BCUT2D eigenvalue weighted by Crippen LogP contribution is 2.35.